The number of hydrogen-bond acceptors (Lipinski definition) is 2. The van der Waals surface area contributed by atoms with E-state index in [1.54, 1.807) is 0 Å². The second-order valence-corrected chi connectivity index (χ2v) is 2.78. The van der Waals surface area contributed by atoms with Crippen LogP contribution < -0.4 is 10.5 Å². The molecule has 1 unspecified atom stereocenters. The van der Waals surface area contributed by atoms with Gasteiger partial charge in [-0.1, -0.05) is 0 Å². The van der Waals surface area contributed by atoms with Crippen molar-refractivity contribution in [3.05, 3.63) is 23.8 Å². The van der Waals surface area contributed by atoms with Crippen molar-refractivity contribution in [2.75, 3.05) is 5.73 Å². The van der Waals surface area contributed by atoms with E-state index < -0.39 is 35.6 Å². The minimum Gasteiger partial charge on any atom is -0.449 e. The Balaban J connectivity index is 2.94. The van der Waals surface area contributed by atoms with E-state index in [0.29, 0.717) is 6.07 Å². The molecular formula is C8H5F6NO. The summed E-state index contributed by atoms with van der Waals surface area (Å²) in [5.74, 6) is -3.78. The molecule has 1 atom stereocenters. The standard InChI is InChI=1S/C8H5F6NO/c9-3-2-6(4(10)1-5(3)15)16-7(11)8(12,13)14/h1-2,7H,15H2. The van der Waals surface area contributed by atoms with E-state index in [1.165, 1.54) is 0 Å². The molecular weight excluding hydrogens is 240 g/mol. The van der Waals surface area contributed by atoms with Crippen LogP contribution in [-0.2, 0) is 0 Å². The summed E-state index contributed by atoms with van der Waals surface area (Å²) in [4.78, 5) is 0. The second-order valence-electron chi connectivity index (χ2n) is 2.78. The molecule has 8 heteroatoms. The lowest BCUT2D eigenvalue weighted by molar-refractivity contribution is -0.237. The van der Waals surface area contributed by atoms with Gasteiger partial charge in [0, 0.05) is 12.1 Å². The van der Waals surface area contributed by atoms with Crippen LogP contribution in [0.2, 0.25) is 0 Å². The molecule has 0 fully saturated rings. The van der Waals surface area contributed by atoms with E-state index in [1.807, 2.05) is 0 Å². The number of nitrogen functional groups attached to an aromatic ring is 1. The van der Waals surface area contributed by atoms with E-state index in [4.69, 9.17) is 5.73 Å². The largest absolute Gasteiger partial charge is 0.457 e. The first kappa shape index (κ1) is 12.5. The topological polar surface area (TPSA) is 35.2 Å². The minimum atomic E-state index is -5.32. The molecule has 0 aliphatic carbocycles. The van der Waals surface area contributed by atoms with E-state index in [9.17, 15) is 26.3 Å². The van der Waals surface area contributed by atoms with Crippen LogP contribution in [0.15, 0.2) is 12.1 Å². The molecule has 1 rings (SSSR count). The highest BCUT2D eigenvalue weighted by Gasteiger charge is 2.43. The molecule has 1 aromatic carbocycles. The number of hydrogen-bond donors (Lipinski definition) is 1. The van der Waals surface area contributed by atoms with E-state index >= 15 is 0 Å². The lowest BCUT2D eigenvalue weighted by Crippen LogP contribution is -2.30. The summed E-state index contributed by atoms with van der Waals surface area (Å²) >= 11 is 0. The summed E-state index contributed by atoms with van der Waals surface area (Å²) in [5, 5.41) is 0. The second kappa shape index (κ2) is 4.11. The predicted octanol–water partition coefficient (Wildman–Crippen LogP) is 2.78. The number of anilines is 1. The van der Waals surface area contributed by atoms with Crippen LogP contribution in [0.25, 0.3) is 0 Å². The third-order valence-electron chi connectivity index (χ3n) is 1.54. The van der Waals surface area contributed by atoms with Crippen molar-refractivity contribution in [3.63, 3.8) is 0 Å². The average molecular weight is 245 g/mol. The zero-order valence-electron chi connectivity index (χ0n) is 7.49. The van der Waals surface area contributed by atoms with Crippen LogP contribution in [0, 0.1) is 11.6 Å². The van der Waals surface area contributed by atoms with Crippen LogP contribution in [0.4, 0.5) is 32.0 Å². The molecule has 16 heavy (non-hydrogen) atoms. The van der Waals surface area contributed by atoms with Gasteiger partial charge in [-0.15, -0.1) is 0 Å². The van der Waals surface area contributed by atoms with Crippen molar-refractivity contribution in [3.8, 4) is 5.75 Å². The van der Waals surface area contributed by atoms with Gasteiger partial charge in [-0.3, -0.25) is 0 Å². The number of nitrogens with two attached hydrogens (primary N) is 1. The van der Waals surface area contributed by atoms with Gasteiger partial charge in [0.2, 0.25) is 0 Å². The van der Waals surface area contributed by atoms with Crippen LogP contribution in [0.1, 0.15) is 0 Å². The molecule has 0 radical (unpaired) electrons. The Bertz CT molecular complexity index is 391. The van der Waals surface area contributed by atoms with Gasteiger partial charge in [-0.25, -0.2) is 8.78 Å². The molecule has 0 saturated carbocycles. The number of benzene rings is 1. The molecule has 0 aromatic heterocycles. The van der Waals surface area contributed by atoms with Gasteiger partial charge in [0.1, 0.15) is 5.82 Å². The van der Waals surface area contributed by atoms with Crippen LogP contribution in [-0.4, -0.2) is 12.5 Å². The zero-order chi connectivity index (χ0) is 12.5. The molecule has 2 nitrogen and oxygen atoms in total. The Hall–Kier alpha value is -1.60. The van der Waals surface area contributed by atoms with Gasteiger partial charge in [-0.05, 0) is 0 Å². The van der Waals surface area contributed by atoms with Crippen molar-refractivity contribution in [1.29, 1.82) is 0 Å². The Morgan fingerprint density at radius 1 is 1.12 bits per heavy atom. The average Bonchev–Trinajstić information content (AvgIpc) is 2.12. The first-order chi connectivity index (χ1) is 7.21. The molecule has 0 spiro atoms. The number of alkyl halides is 4. The highest BCUT2D eigenvalue weighted by atomic mass is 19.4. The SMILES string of the molecule is Nc1cc(F)c(OC(F)C(F)(F)F)cc1F. The van der Waals surface area contributed by atoms with Gasteiger partial charge in [0.05, 0.1) is 5.69 Å². The fourth-order valence-corrected chi connectivity index (χ4v) is 0.813. The van der Waals surface area contributed by atoms with Crippen molar-refractivity contribution in [1.82, 2.24) is 0 Å². The lowest BCUT2D eigenvalue weighted by atomic mass is 10.3. The van der Waals surface area contributed by atoms with E-state index in [-0.39, 0.29) is 6.07 Å². The Morgan fingerprint density at radius 3 is 2.19 bits per heavy atom. The highest BCUT2D eigenvalue weighted by Crippen LogP contribution is 2.29. The third-order valence-corrected chi connectivity index (χ3v) is 1.54. The van der Waals surface area contributed by atoms with Gasteiger partial charge in [0.15, 0.2) is 11.6 Å². The minimum absolute atomic E-state index is 0.239. The predicted molar refractivity (Wildman–Crippen MR) is 42.3 cm³/mol. The number of halogens is 6. The van der Waals surface area contributed by atoms with Crippen molar-refractivity contribution in [2.24, 2.45) is 0 Å². The Kier molecular flexibility index (Phi) is 3.20. The quantitative estimate of drug-likeness (QED) is 0.642. The first-order valence-electron chi connectivity index (χ1n) is 3.84. The molecule has 0 aliphatic heterocycles. The van der Waals surface area contributed by atoms with Gasteiger partial charge < -0.3 is 10.5 Å². The summed E-state index contributed by atoms with van der Waals surface area (Å²) in [6, 6.07) is 0.636. The third kappa shape index (κ3) is 2.71. The summed E-state index contributed by atoms with van der Waals surface area (Å²) in [6.07, 6.45) is -9.05. The Morgan fingerprint density at radius 2 is 1.69 bits per heavy atom. The number of rotatable bonds is 2. The molecule has 0 saturated heterocycles. The highest BCUT2D eigenvalue weighted by molar-refractivity contribution is 5.44. The Labute approximate surface area is 85.6 Å². The van der Waals surface area contributed by atoms with Gasteiger partial charge in [-0.2, -0.15) is 17.6 Å². The summed E-state index contributed by atoms with van der Waals surface area (Å²) < 4.78 is 76.6. The first-order valence-corrected chi connectivity index (χ1v) is 3.84. The summed E-state index contributed by atoms with van der Waals surface area (Å²) in [7, 11) is 0. The molecule has 1 aromatic rings. The number of ether oxygens (including phenoxy) is 1. The zero-order valence-corrected chi connectivity index (χ0v) is 7.49. The molecule has 2 N–H and O–H groups in total. The van der Waals surface area contributed by atoms with Crippen molar-refractivity contribution in [2.45, 2.75) is 12.5 Å². The van der Waals surface area contributed by atoms with Gasteiger partial charge in [0.25, 0.3) is 0 Å². The molecule has 0 amide bonds. The maximum Gasteiger partial charge on any atom is 0.457 e. The van der Waals surface area contributed by atoms with E-state index in [2.05, 4.69) is 4.74 Å². The monoisotopic (exact) mass is 245 g/mol. The van der Waals surface area contributed by atoms with Crippen LogP contribution in [0.5, 0.6) is 5.75 Å². The van der Waals surface area contributed by atoms with Crippen molar-refractivity contribution < 1.29 is 31.1 Å². The molecule has 0 heterocycles. The fourth-order valence-electron chi connectivity index (χ4n) is 0.813. The van der Waals surface area contributed by atoms with E-state index in [0.717, 1.165) is 0 Å². The summed E-state index contributed by atoms with van der Waals surface area (Å²) in [6.45, 7) is 0. The van der Waals surface area contributed by atoms with Crippen molar-refractivity contribution >= 4 is 5.69 Å². The smallest absolute Gasteiger partial charge is 0.449 e. The fraction of sp³-hybridized carbons (Fsp3) is 0.250. The summed E-state index contributed by atoms with van der Waals surface area (Å²) in [5.41, 5.74) is 4.30. The maximum absolute atomic E-state index is 12.9. The molecule has 0 bridgehead atoms. The maximum atomic E-state index is 12.9. The molecule has 90 valence electrons. The molecule has 0 aliphatic rings. The van der Waals surface area contributed by atoms with Crippen LogP contribution >= 0.6 is 0 Å². The van der Waals surface area contributed by atoms with Crippen LogP contribution in [0.3, 0.4) is 0 Å². The lowest BCUT2D eigenvalue weighted by Gasteiger charge is -2.14. The normalized spacial score (nSPS) is 13.6. The van der Waals surface area contributed by atoms with Gasteiger partial charge >= 0.3 is 12.5 Å².